The zero-order valence-electron chi connectivity index (χ0n) is 14.9. The lowest BCUT2D eigenvalue weighted by molar-refractivity contribution is 0.174. The summed E-state index contributed by atoms with van der Waals surface area (Å²) in [4.78, 5) is 14.6. The Kier molecular flexibility index (Phi) is 4.23. The predicted octanol–water partition coefficient (Wildman–Crippen LogP) is 3.23. The van der Waals surface area contributed by atoms with E-state index in [0.29, 0.717) is 18.5 Å². The van der Waals surface area contributed by atoms with Crippen molar-refractivity contribution in [1.82, 2.24) is 24.5 Å². The first-order chi connectivity index (χ1) is 12.1. The van der Waals surface area contributed by atoms with Crippen molar-refractivity contribution >= 4 is 11.8 Å². The fourth-order valence-corrected chi connectivity index (χ4v) is 3.69. The Bertz CT molecular complexity index is 746. The summed E-state index contributed by atoms with van der Waals surface area (Å²) in [6, 6.07) is 2.43. The number of hydrogen-bond donors (Lipinski definition) is 1. The molecule has 1 aliphatic carbocycles. The van der Waals surface area contributed by atoms with Crippen LogP contribution in [0.25, 0.3) is 0 Å². The number of nitrogens with zero attached hydrogens (tertiary/aromatic N) is 5. The summed E-state index contributed by atoms with van der Waals surface area (Å²) >= 11 is 0. The third-order valence-electron chi connectivity index (χ3n) is 5.38. The summed E-state index contributed by atoms with van der Waals surface area (Å²) in [6.07, 6.45) is 10.3. The van der Waals surface area contributed by atoms with Crippen LogP contribution in [0.3, 0.4) is 0 Å². The van der Waals surface area contributed by atoms with Gasteiger partial charge in [0.05, 0.1) is 24.5 Å². The summed E-state index contributed by atoms with van der Waals surface area (Å²) in [5.41, 5.74) is 1.15. The van der Waals surface area contributed by atoms with Crippen molar-refractivity contribution in [3.05, 3.63) is 30.2 Å². The van der Waals surface area contributed by atoms with Crippen molar-refractivity contribution in [3.8, 4) is 0 Å². The van der Waals surface area contributed by atoms with E-state index in [1.54, 1.807) is 6.20 Å². The van der Waals surface area contributed by atoms with Crippen molar-refractivity contribution in [3.63, 3.8) is 0 Å². The van der Waals surface area contributed by atoms with Gasteiger partial charge >= 0.3 is 6.03 Å². The standard InChI is InChI=1S/C18H26N6O/c1-13-10-20-23(11-13)16-4-3-9-22(12-16)18(25)21-17-7-8-19-24(17)14(2)15-5-6-15/h7-8,10-11,14-16H,3-6,9,12H2,1-2H3,(H,21,25)/t14-,16-/m1/s1. The molecule has 134 valence electrons. The lowest BCUT2D eigenvalue weighted by Crippen LogP contribution is -2.43. The minimum atomic E-state index is -0.0432. The normalized spacial score (nSPS) is 22.0. The van der Waals surface area contributed by atoms with Gasteiger partial charge in [0.1, 0.15) is 5.82 Å². The van der Waals surface area contributed by atoms with Gasteiger partial charge in [-0.2, -0.15) is 10.2 Å². The number of anilines is 1. The number of rotatable bonds is 4. The number of aromatic nitrogens is 4. The maximum atomic E-state index is 12.8. The molecule has 2 aliphatic rings. The van der Waals surface area contributed by atoms with Gasteiger partial charge in [-0.1, -0.05) is 0 Å². The van der Waals surface area contributed by atoms with E-state index in [2.05, 4.69) is 28.6 Å². The zero-order chi connectivity index (χ0) is 17.4. The Labute approximate surface area is 148 Å². The average molecular weight is 342 g/mol. The van der Waals surface area contributed by atoms with E-state index in [4.69, 9.17) is 0 Å². The molecule has 25 heavy (non-hydrogen) atoms. The van der Waals surface area contributed by atoms with Gasteiger partial charge in [0, 0.05) is 25.4 Å². The molecule has 0 unspecified atom stereocenters. The Balaban J connectivity index is 1.42. The molecule has 2 aromatic heterocycles. The van der Waals surface area contributed by atoms with Crippen LogP contribution >= 0.6 is 0 Å². The van der Waals surface area contributed by atoms with E-state index in [1.807, 2.05) is 33.5 Å². The van der Waals surface area contributed by atoms with Gasteiger partial charge in [-0.05, 0) is 51.0 Å². The number of hydrogen-bond acceptors (Lipinski definition) is 3. The fourth-order valence-electron chi connectivity index (χ4n) is 3.69. The first kappa shape index (κ1) is 16.2. The van der Waals surface area contributed by atoms with Crippen LogP contribution in [-0.2, 0) is 0 Å². The molecule has 1 aliphatic heterocycles. The summed E-state index contributed by atoms with van der Waals surface area (Å²) in [7, 11) is 0. The maximum absolute atomic E-state index is 12.8. The molecule has 1 N–H and O–H groups in total. The second kappa shape index (κ2) is 6.54. The number of amides is 2. The molecule has 7 heteroatoms. The van der Waals surface area contributed by atoms with E-state index in [0.717, 1.165) is 30.8 Å². The summed E-state index contributed by atoms with van der Waals surface area (Å²) in [5, 5.41) is 11.9. The van der Waals surface area contributed by atoms with Crippen LogP contribution in [0.1, 0.15) is 50.3 Å². The Hall–Kier alpha value is -2.31. The number of aryl methyl sites for hydroxylation is 1. The number of urea groups is 1. The molecule has 4 rings (SSSR count). The SMILES string of the molecule is Cc1cnn([C@@H]2CCCN(C(=O)Nc3ccnn3[C@H](C)C3CC3)C2)c1. The highest BCUT2D eigenvalue weighted by Gasteiger charge is 2.31. The molecular formula is C18H26N6O. The number of nitrogens with one attached hydrogen (secondary N) is 1. The van der Waals surface area contributed by atoms with Crippen LogP contribution in [0.15, 0.2) is 24.7 Å². The molecule has 0 spiro atoms. The third kappa shape index (κ3) is 3.41. The highest BCUT2D eigenvalue weighted by Crippen LogP contribution is 2.40. The van der Waals surface area contributed by atoms with Gasteiger partial charge in [0.15, 0.2) is 0 Å². The lowest BCUT2D eigenvalue weighted by Gasteiger charge is -2.33. The molecule has 2 amide bonds. The second-order valence-electron chi connectivity index (χ2n) is 7.41. The van der Waals surface area contributed by atoms with E-state index in [9.17, 15) is 4.79 Å². The van der Waals surface area contributed by atoms with Crippen molar-refractivity contribution < 1.29 is 4.79 Å². The molecule has 2 fully saturated rings. The van der Waals surface area contributed by atoms with Gasteiger partial charge in [0.25, 0.3) is 0 Å². The molecule has 2 aromatic rings. The van der Waals surface area contributed by atoms with Gasteiger partial charge in [0.2, 0.25) is 0 Å². The van der Waals surface area contributed by atoms with E-state index < -0.39 is 0 Å². The van der Waals surface area contributed by atoms with Crippen molar-refractivity contribution in [2.24, 2.45) is 5.92 Å². The van der Waals surface area contributed by atoms with Crippen molar-refractivity contribution in [1.29, 1.82) is 0 Å². The smallest absolute Gasteiger partial charge is 0.322 e. The highest BCUT2D eigenvalue weighted by atomic mass is 16.2. The minimum absolute atomic E-state index is 0.0432. The minimum Gasteiger partial charge on any atom is -0.322 e. The summed E-state index contributed by atoms with van der Waals surface area (Å²) < 4.78 is 3.95. The average Bonchev–Trinajstić information content (AvgIpc) is 3.22. The predicted molar refractivity (Wildman–Crippen MR) is 95.5 cm³/mol. The summed E-state index contributed by atoms with van der Waals surface area (Å²) in [6.45, 7) is 5.70. The van der Waals surface area contributed by atoms with Crippen LogP contribution in [0.5, 0.6) is 0 Å². The molecule has 1 saturated carbocycles. The largest absolute Gasteiger partial charge is 0.323 e. The van der Waals surface area contributed by atoms with Gasteiger partial charge in [-0.3, -0.25) is 10.00 Å². The highest BCUT2D eigenvalue weighted by molar-refractivity contribution is 5.88. The number of carbonyl (C=O) groups is 1. The quantitative estimate of drug-likeness (QED) is 0.927. The van der Waals surface area contributed by atoms with Crippen LogP contribution < -0.4 is 5.32 Å². The molecule has 3 heterocycles. The molecule has 2 atom stereocenters. The number of likely N-dealkylation sites (tertiary alicyclic amines) is 1. The monoisotopic (exact) mass is 342 g/mol. The van der Waals surface area contributed by atoms with Crippen LogP contribution in [0.2, 0.25) is 0 Å². The first-order valence-corrected chi connectivity index (χ1v) is 9.22. The molecule has 1 saturated heterocycles. The lowest BCUT2D eigenvalue weighted by atomic mass is 10.1. The molecule has 0 bridgehead atoms. The molecule has 7 nitrogen and oxygen atoms in total. The van der Waals surface area contributed by atoms with Crippen molar-refractivity contribution in [2.75, 3.05) is 18.4 Å². The van der Waals surface area contributed by atoms with Crippen LogP contribution in [-0.4, -0.2) is 43.6 Å². The number of carbonyl (C=O) groups excluding carboxylic acids is 1. The van der Waals surface area contributed by atoms with E-state index in [1.165, 1.54) is 12.8 Å². The molecular weight excluding hydrogens is 316 g/mol. The van der Waals surface area contributed by atoms with E-state index >= 15 is 0 Å². The van der Waals surface area contributed by atoms with Gasteiger partial charge in [-0.25, -0.2) is 9.48 Å². The fraction of sp³-hybridized carbons (Fsp3) is 0.611. The molecule has 0 aromatic carbocycles. The Morgan fingerprint density at radius 3 is 2.88 bits per heavy atom. The van der Waals surface area contributed by atoms with Crippen LogP contribution in [0.4, 0.5) is 10.6 Å². The number of piperidine rings is 1. The second-order valence-corrected chi connectivity index (χ2v) is 7.41. The topological polar surface area (TPSA) is 68.0 Å². The van der Waals surface area contributed by atoms with Gasteiger partial charge in [-0.15, -0.1) is 0 Å². The van der Waals surface area contributed by atoms with Gasteiger partial charge < -0.3 is 4.90 Å². The van der Waals surface area contributed by atoms with E-state index in [-0.39, 0.29) is 12.1 Å². The van der Waals surface area contributed by atoms with Crippen LogP contribution in [0, 0.1) is 12.8 Å². The first-order valence-electron chi connectivity index (χ1n) is 9.22. The zero-order valence-corrected chi connectivity index (χ0v) is 14.9. The maximum Gasteiger partial charge on any atom is 0.323 e. The molecule has 0 radical (unpaired) electrons. The van der Waals surface area contributed by atoms with Crippen molar-refractivity contribution in [2.45, 2.75) is 51.6 Å². The third-order valence-corrected chi connectivity index (χ3v) is 5.38. The Morgan fingerprint density at radius 1 is 1.32 bits per heavy atom. The Morgan fingerprint density at radius 2 is 2.16 bits per heavy atom. The summed E-state index contributed by atoms with van der Waals surface area (Å²) in [5.74, 6) is 1.49.